The highest BCUT2D eigenvalue weighted by Crippen LogP contribution is 2.29. The fraction of sp³-hybridized carbons (Fsp3) is 0.706. The fourth-order valence-corrected chi connectivity index (χ4v) is 5.42. The molecule has 0 N–H and O–H groups in total. The van der Waals surface area contributed by atoms with Crippen LogP contribution >= 0.6 is 0 Å². The monoisotopic (exact) mass is 406 g/mol. The molecule has 0 radical (unpaired) electrons. The van der Waals surface area contributed by atoms with Crippen molar-refractivity contribution in [3.63, 3.8) is 0 Å². The van der Waals surface area contributed by atoms with E-state index < -0.39 is 21.9 Å². The van der Waals surface area contributed by atoms with Gasteiger partial charge < -0.3 is 4.90 Å². The van der Waals surface area contributed by atoms with Crippen molar-refractivity contribution in [1.82, 2.24) is 13.6 Å². The first kappa shape index (κ1) is 20.3. The van der Waals surface area contributed by atoms with Gasteiger partial charge in [-0.25, -0.2) is 4.98 Å². The second kappa shape index (κ2) is 7.92. The molecule has 2 saturated heterocycles. The van der Waals surface area contributed by atoms with Crippen molar-refractivity contribution >= 4 is 16.0 Å². The van der Waals surface area contributed by atoms with Gasteiger partial charge in [0.05, 0.1) is 5.56 Å². The Balaban J connectivity index is 1.66. The number of aromatic nitrogens is 1. The molecule has 2 fully saturated rings. The van der Waals surface area contributed by atoms with Crippen LogP contribution in [0.1, 0.15) is 31.7 Å². The number of hydrogen-bond donors (Lipinski definition) is 0. The Bertz CT molecular complexity index is 740. The summed E-state index contributed by atoms with van der Waals surface area (Å²) in [5, 5.41) is 0. The standard InChI is InChI=1S/C17H25F3N4O2S/c1-14-4-2-8-24(13-14)27(25,26)23-9-3-7-22(10-11-23)16-6-5-15(12-21-16)17(18,19)20/h5-6,12,14H,2-4,7-11,13H2,1H3. The summed E-state index contributed by atoms with van der Waals surface area (Å²) in [6.07, 6.45) is -1.08. The van der Waals surface area contributed by atoms with Crippen molar-refractivity contribution in [1.29, 1.82) is 0 Å². The maximum atomic E-state index is 12.9. The predicted octanol–water partition coefficient (Wildman–Crippen LogP) is 2.59. The van der Waals surface area contributed by atoms with Gasteiger partial charge in [0.15, 0.2) is 0 Å². The minimum Gasteiger partial charge on any atom is -0.355 e. The summed E-state index contributed by atoms with van der Waals surface area (Å²) in [5.41, 5.74) is -0.788. The lowest BCUT2D eigenvalue weighted by molar-refractivity contribution is -0.137. The topological polar surface area (TPSA) is 56.8 Å². The Morgan fingerprint density at radius 3 is 2.41 bits per heavy atom. The molecule has 3 heterocycles. The number of nitrogens with zero attached hydrogens (tertiary/aromatic N) is 4. The maximum absolute atomic E-state index is 12.9. The van der Waals surface area contributed by atoms with E-state index in [1.165, 1.54) is 10.4 Å². The summed E-state index contributed by atoms with van der Waals surface area (Å²) < 4.78 is 67.0. The third-order valence-electron chi connectivity index (χ3n) is 5.13. The van der Waals surface area contributed by atoms with Crippen molar-refractivity contribution in [2.75, 3.05) is 44.2 Å². The van der Waals surface area contributed by atoms with Crippen LogP contribution in [-0.2, 0) is 16.4 Å². The molecule has 1 atom stereocenters. The van der Waals surface area contributed by atoms with Gasteiger partial charge in [0.1, 0.15) is 5.82 Å². The van der Waals surface area contributed by atoms with Crippen LogP contribution in [0.2, 0.25) is 0 Å². The number of hydrogen-bond acceptors (Lipinski definition) is 4. The van der Waals surface area contributed by atoms with Crippen LogP contribution < -0.4 is 4.90 Å². The number of pyridine rings is 1. The van der Waals surface area contributed by atoms with E-state index in [2.05, 4.69) is 11.9 Å². The van der Waals surface area contributed by atoms with Crippen molar-refractivity contribution in [3.05, 3.63) is 23.9 Å². The fourth-order valence-electron chi connectivity index (χ4n) is 3.61. The van der Waals surface area contributed by atoms with E-state index in [4.69, 9.17) is 0 Å². The molecule has 0 bridgehead atoms. The molecule has 1 unspecified atom stereocenters. The van der Waals surface area contributed by atoms with E-state index >= 15 is 0 Å². The van der Waals surface area contributed by atoms with Crippen molar-refractivity contribution in [2.24, 2.45) is 5.92 Å². The van der Waals surface area contributed by atoms with Gasteiger partial charge >= 0.3 is 6.18 Å². The average molecular weight is 406 g/mol. The smallest absolute Gasteiger partial charge is 0.355 e. The molecule has 3 rings (SSSR count). The van der Waals surface area contributed by atoms with E-state index in [0.29, 0.717) is 57.4 Å². The number of anilines is 1. The van der Waals surface area contributed by atoms with E-state index in [-0.39, 0.29) is 0 Å². The highest BCUT2D eigenvalue weighted by molar-refractivity contribution is 7.86. The molecule has 10 heteroatoms. The number of rotatable bonds is 3. The number of piperidine rings is 1. The Kier molecular flexibility index (Phi) is 5.97. The summed E-state index contributed by atoms with van der Waals surface area (Å²) in [6, 6.07) is 2.36. The molecule has 6 nitrogen and oxygen atoms in total. The summed E-state index contributed by atoms with van der Waals surface area (Å²) in [5.74, 6) is 0.794. The van der Waals surface area contributed by atoms with Gasteiger partial charge in [-0.15, -0.1) is 0 Å². The van der Waals surface area contributed by atoms with Crippen LogP contribution in [0.5, 0.6) is 0 Å². The summed E-state index contributed by atoms with van der Waals surface area (Å²) in [4.78, 5) is 5.77. The molecular formula is C17H25F3N4O2S. The van der Waals surface area contributed by atoms with Crippen LogP contribution in [0.4, 0.5) is 19.0 Å². The molecule has 0 saturated carbocycles. The molecule has 2 aliphatic heterocycles. The normalized spacial score (nSPS) is 24.0. The lowest BCUT2D eigenvalue weighted by atomic mass is 10.0. The van der Waals surface area contributed by atoms with Crippen LogP contribution in [0.15, 0.2) is 18.3 Å². The molecule has 0 aliphatic carbocycles. The van der Waals surface area contributed by atoms with E-state index in [1.807, 2.05) is 4.90 Å². The Morgan fingerprint density at radius 1 is 1.04 bits per heavy atom. The number of halogens is 3. The first-order valence-electron chi connectivity index (χ1n) is 9.21. The van der Waals surface area contributed by atoms with E-state index in [1.54, 1.807) is 4.31 Å². The van der Waals surface area contributed by atoms with Gasteiger partial charge in [-0.05, 0) is 37.3 Å². The average Bonchev–Trinajstić information content (AvgIpc) is 2.88. The highest BCUT2D eigenvalue weighted by Gasteiger charge is 2.34. The zero-order valence-corrected chi connectivity index (χ0v) is 16.1. The van der Waals surface area contributed by atoms with Crippen LogP contribution in [0, 0.1) is 5.92 Å². The lowest BCUT2D eigenvalue weighted by Gasteiger charge is -2.34. The Labute approximate surface area is 158 Å². The van der Waals surface area contributed by atoms with Gasteiger partial charge in [-0.3, -0.25) is 0 Å². The molecule has 1 aromatic heterocycles. The first-order chi connectivity index (χ1) is 12.7. The zero-order valence-electron chi connectivity index (χ0n) is 15.3. The van der Waals surface area contributed by atoms with Gasteiger partial charge in [-0.1, -0.05) is 6.92 Å². The van der Waals surface area contributed by atoms with Crippen LogP contribution in [-0.4, -0.2) is 61.3 Å². The largest absolute Gasteiger partial charge is 0.417 e. The summed E-state index contributed by atoms with van der Waals surface area (Å²) in [7, 11) is -3.50. The second-order valence-electron chi connectivity index (χ2n) is 7.26. The van der Waals surface area contributed by atoms with E-state index in [9.17, 15) is 21.6 Å². The van der Waals surface area contributed by atoms with Crippen LogP contribution in [0.25, 0.3) is 0 Å². The van der Waals surface area contributed by atoms with Crippen molar-refractivity contribution in [3.8, 4) is 0 Å². The molecule has 27 heavy (non-hydrogen) atoms. The SMILES string of the molecule is CC1CCCN(S(=O)(=O)N2CCCN(c3ccc(C(F)(F)F)cn3)CC2)C1. The maximum Gasteiger partial charge on any atom is 0.417 e. The third-order valence-corrected chi connectivity index (χ3v) is 7.13. The number of alkyl halides is 3. The first-order valence-corrected chi connectivity index (χ1v) is 10.6. The predicted molar refractivity (Wildman–Crippen MR) is 96.5 cm³/mol. The van der Waals surface area contributed by atoms with Gasteiger partial charge in [0.25, 0.3) is 10.2 Å². The molecule has 152 valence electrons. The molecule has 0 aromatic carbocycles. The van der Waals surface area contributed by atoms with Crippen molar-refractivity contribution < 1.29 is 21.6 Å². The van der Waals surface area contributed by atoms with Crippen molar-refractivity contribution in [2.45, 2.75) is 32.4 Å². The quantitative estimate of drug-likeness (QED) is 0.774. The van der Waals surface area contributed by atoms with Gasteiger partial charge in [0.2, 0.25) is 0 Å². The lowest BCUT2D eigenvalue weighted by Crippen LogP contribution is -2.48. The van der Waals surface area contributed by atoms with E-state index in [0.717, 1.165) is 25.1 Å². The Morgan fingerprint density at radius 2 is 1.78 bits per heavy atom. The van der Waals surface area contributed by atoms with Gasteiger partial charge in [-0.2, -0.15) is 30.2 Å². The minimum atomic E-state index is -4.42. The molecule has 0 spiro atoms. The summed E-state index contributed by atoms with van der Waals surface area (Å²) >= 11 is 0. The summed E-state index contributed by atoms with van der Waals surface area (Å²) in [6.45, 7) is 4.82. The van der Waals surface area contributed by atoms with Gasteiger partial charge in [0, 0.05) is 45.5 Å². The third kappa shape index (κ3) is 4.72. The minimum absolute atomic E-state index is 0.302. The Hall–Kier alpha value is -1.39. The highest BCUT2D eigenvalue weighted by atomic mass is 32.2. The molecule has 2 aliphatic rings. The molecule has 1 aromatic rings. The second-order valence-corrected chi connectivity index (χ2v) is 9.18. The van der Waals surface area contributed by atoms with Crippen LogP contribution in [0.3, 0.4) is 0 Å². The zero-order chi connectivity index (χ0) is 19.7. The molecule has 0 amide bonds. The molecular weight excluding hydrogens is 381 g/mol.